The van der Waals surface area contributed by atoms with E-state index in [0.717, 1.165) is 0 Å². The smallest absolute Gasteiger partial charge is 0.356 e. The number of aromatic carboxylic acids is 1. The fourth-order valence-corrected chi connectivity index (χ4v) is 2.12. The molecule has 0 aliphatic rings. The number of nitrogens with zero attached hydrogens (tertiary/aromatic N) is 2. The van der Waals surface area contributed by atoms with E-state index in [2.05, 4.69) is 5.10 Å². The van der Waals surface area contributed by atoms with Crippen LogP contribution >= 0.6 is 0 Å². The van der Waals surface area contributed by atoms with Crippen molar-refractivity contribution < 1.29 is 28.2 Å². The Hall–Kier alpha value is -2.64. The van der Waals surface area contributed by atoms with Crippen LogP contribution < -0.4 is 9.47 Å². The Kier molecular flexibility index (Phi) is 4.30. The van der Waals surface area contributed by atoms with Crippen molar-refractivity contribution in [2.24, 2.45) is 7.05 Å². The van der Waals surface area contributed by atoms with Crippen LogP contribution in [0.15, 0.2) is 18.2 Å². The summed E-state index contributed by atoms with van der Waals surface area (Å²) in [6.45, 7) is 0. The molecule has 0 spiro atoms. The SMILES string of the molecule is COc1cc(-c2cc(C(=O)O)nn2C)c(C(F)F)cc1OC. The molecule has 2 rings (SSSR count). The highest BCUT2D eigenvalue weighted by atomic mass is 19.3. The molecule has 1 heterocycles. The van der Waals surface area contributed by atoms with Crippen LogP contribution in [0.25, 0.3) is 11.3 Å². The summed E-state index contributed by atoms with van der Waals surface area (Å²) >= 11 is 0. The number of rotatable bonds is 5. The Morgan fingerprint density at radius 2 is 1.82 bits per heavy atom. The number of carboxylic acid groups (broad SMARTS) is 1. The van der Waals surface area contributed by atoms with Crippen LogP contribution in [0.3, 0.4) is 0 Å². The van der Waals surface area contributed by atoms with Gasteiger partial charge in [-0.2, -0.15) is 5.10 Å². The fourth-order valence-electron chi connectivity index (χ4n) is 2.12. The fraction of sp³-hybridized carbons (Fsp3) is 0.286. The Morgan fingerprint density at radius 3 is 2.27 bits per heavy atom. The Bertz CT molecular complexity index is 713. The van der Waals surface area contributed by atoms with E-state index in [-0.39, 0.29) is 34.0 Å². The highest BCUT2D eigenvalue weighted by Crippen LogP contribution is 2.39. The number of hydrogen-bond acceptors (Lipinski definition) is 4. The van der Waals surface area contributed by atoms with E-state index in [9.17, 15) is 13.6 Å². The van der Waals surface area contributed by atoms with Crippen molar-refractivity contribution in [3.05, 3.63) is 29.5 Å². The van der Waals surface area contributed by atoms with Gasteiger partial charge in [-0.05, 0) is 18.2 Å². The van der Waals surface area contributed by atoms with Gasteiger partial charge in [-0.25, -0.2) is 13.6 Å². The summed E-state index contributed by atoms with van der Waals surface area (Å²) < 4.78 is 38.0. The molecule has 0 aliphatic carbocycles. The van der Waals surface area contributed by atoms with Gasteiger partial charge in [0.15, 0.2) is 17.2 Å². The summed E-state index contributed by atoms with van der Waals surface area (Å²) in [6.07, 6.45) is -2.77. The minimum atomic E-state index is -2.77. The molecule has 6 nitrogen and oxygen atoms in total. The van der Waals surface area contributed by atoms with Gasteiger partial charge in [0, 0.05) is 18.2 Å². The molecule has 0 bridgehead atoms. The van der Waals surface area contributed by atoms with Crippen molar-refractivity contribution in [3.8, 4) is 22.8 Å². The number of aromatic nitrogens is 2. The molecule has 0 saturated heterocycles. The molecule has 118 valence electrons. The number of hydrogen-bond donors (Lipinski definition) is 1. The molecule has 0 fully saturated rings. The summed E-state index contributed by atoms with van der Waals surface area (Å²) in [6, 6.07) is 3.78. The lowest BCUT2D eigenvalue weighted by atomic mass is 10.0. The summed E-state index contributed by atoms with van der Waals surface area (Å²) in [5.41, 5.74) is -0.145. The van der Waals surface area contributed by atoms with Crippen molar-refractivity contribution in [2.45, 2.75) is 6.43 Å². The normalized spacial score (nSPS) is 10.8. The predicted molar refractivity (Wildman–Crippen MR) is 73.7 cm³/mol. The first-order chi connectivity index (χ1) is 10.4. The summed E-state index contributed by atoms with van der Waals surface area (Å²) in [5.74, 6) is -0.803. The maximum absolute atomic E-state index is 13.3. The van der Waals surface area contributed by atoms with Gasteiger partial charge >= 0.3 is 5.97 Å². The van der Waals surface area contributed by atoms with Crippen LogP contribution in [0.1, 0.15) is 22.5 Å². The maximum atomic E-state index is 13.3. The molecule has 1 aromatic carbocycles. The standard InChI is InChI=1S/C14H14F2N2O4/c1-18-10(6-9(17-18)14(19)20)7-4-11(21-2)12(22-3)5-8(7)13(15)16/h4-6,13H,1-3H3,(H,19,20). The number of methoxy groups -OCH3 is 2. The predicted octanol–water partition coefficient (Wildman–Crippen LogP) is 2.74. The first kappa shape index (κ1) is 15.7. The molecule has 0 aliphatic heterocycles. The minimum absolute atomic E-state index is 0.134. The monoisotopic (exact) mass is 312 g/mol. The van der Waals surface area contributed by atoms with E-state index in [0.29, 0.717) is 0 Å². The van der Waals surface area contributed by atoms with Crippen LogP contribution in [0.4, 0.5) is 8.78 Å². The van der Waals surface area contributed by atoms with Gasteiger partial charge < -0.3 is 14.6 Å². The second kappa shape index (κ2) is 6.00. The lowest BCUT2D eigenvalue weighted by Crippen LogP contribution is -2.01. The van der Waals surface area contributed by atoms with Gasteiger partial charge in [-0.3, -0.25) is 4.68 Å². The van der Waals surface area contributed by atoms with Crippen molar-refractivity contribution in [1.82, 2.24) is 9.78 Å². The van der Waals surface area contributed by atoms with Crippen molar-refractivity contribution in [3.63, 3.8) is 0 Å². The number of benzene rings is 1. The van der Waals surface area contributed by atoms with Gasteiger partial charge in [0.25, 0.3) is 6.43 Å². The molecule has 1 N–H and O–H groups in total. The molecule has 0 unspecified atom stereocenters. The van der Waals surface area contributed by atoms with Gasteiger partial charge in [0.1, 0.15) is 0 Å². The first-order valence-electron chi connectivity index (χ1n) is 6.20. The van der Waals surface area contributed by atoms with Crippen LogP contribution in [0.5, 0.6) is 11.5 Å². The number of halogens is 2. The Balaban J connectivity index is 2.70. The zero-order valence-electron chi connectivity index (χ0n) is 12.1. The van der Waals surface area contributed by atoms with Crippen LogP contribution in [0.2, 0.25) is 0 Å². The third-order valence-corrected chi connectivity index (χ3v) is 3.17. The number of alkyl halides is 2. The number of ether oxygens (including phenoxy) is 2. The third-order valence-electron chi connectivity index (χ3n) is 3.17. The zero-order chi connectivity index (χ0) is 16.4. The zero-order valence-corrected chi connectivity index (χ0v) is 12.1. The van der Waals surface area contributed by atoms with Crippen LogP contribution in [0, 0.1) is 0 Å². The minimum Gasteiger partial charge on any atom is -0.493 e. The lowest BCUT2D eigenvalue weighted by Gasteiger charge is -2.14. The van der Waals surface area contributed by atoms with E-state index < -0.39 is 12.4 Å². The Labute approximate surface area is 124 Å². The van der Waals surface area contributed by atoms with Gasteiger partial charge in [0.2, 0.25) is 0 Å². The second-order valence-electron chi connectivity index (χ2n) is 4.44. The number of carboxylic acids is 1. The van der Waals surface area contributed by atoms with E-state index in [4.69, 9.17) is 14.6 Å². The van der Waals surface area contributed by atoms with Gasteiger partial charge in [-0.1, -0.05) is 0 Å². The Morgan fingerprint density at radius 1 is 1.23 bits per heavy atom. The van der Waals surface area contributed by atoms with Gasteiger partial charge in [-0.15, -0.1) is 0 Å². The van der Waals surface area contributed by atoms with Crippen LogP contribution in [-0.4, -0.2) is 35.1 Å². The molecular formula is C14H14F2N2O4. The van der Waals surface area contributed by atoms with Crippen molar-refractivity contribution in [2.75, 3.05) is 14.2 Å². The highest BCUT2D eigenvalue weighted by Gasteiger charge is 2.22. The largest absolute Gasteiger partial charge is 0.493 e. The van der Waals surface area contributed by atoms with E-state index in [1.165, 1.54) is 44.1 Å². The molecule has 1 aromatic heterocycles. The van der Waals surface area contributed by atoms with E-state index in [1.807, 2.05) is 0 Å². The quantitative estimate of drug-likeness (QED) is 0.919. The van der Waals surface area contributed by atoms with E-state index >= 15 is 0 Å². The lowest BCUT2D eigenvalue weighted by molar-refractivity contribution is 0.0689. The summed E-state index contributed by atoms with van der Waals surface area (Å²) in [4.78, 5) is 11.0. The van der Waals surface area contributed by atoms with Crippen LogP contribution in [-0.2, 0) is 7.05 Å². The number of carbonyl (C=O) groups is 1. The number of aryl methyl sites for hydroxylation is 1. The summed E-state index contributed by atoms with van der Waals surface area (Å²) in [5, 5.41) is 12.7. The molecular weight excluding hydrogens is 298 g/mol. The second-order valence-corrected chi connectivity index (χ2v) is 4.44. The molecule has 8 heteroatoms. The molecule has 0 atom stereocenters. The first-order valence-corrected chi connectivity index (χ1v) is 6.20. The highest BCUT2D eigenvalue weighted by molar-refractivity contribution is 5.87. The molecule has 22 heavy (non-hydrogen) atoms. The average molecular weight is 312 g/mol. The molecule has 2 aromatic rings. The maximum Gasteiger partial charge on any atom is 0.356 e. The van der Waals surface area contributed by atoms with E-state index in [1.54, 1.807) is 0 Å². The third kappa shape index (κ3) is 2.72. The molecule has 0 saturated carbocycles. The van der Waals surface area contributed by atoms with Gasteiger partial charge in [0.05, 0.1) is 19.9 Å². The topological polar surface area (TPSA) is 73.6 Å². The van der Waals surface area contributed by atoms with Crippen molar-refractivity contribution >= 4 is 5.97 Å². The van der Waals surface area contributed by atoms with Crippen molar-refractivity contribution in [1.29, 1.82) is 0 Å². The molecule has 0 amide bonds. The summed E-state index contributed by atoms with van der Waals surface area (Å²) in [7, 11) is 4.21. The molecule has 0 radical (unpaired) electrons. The average Bonchev–Trinajstić information content (AvgIpc) is 2.87.